The molecule has 2 rings (SSSR count). The lowest BCUT2D eigenvalue weighted by Crippen LogP contribution is -2.65. The van der Waals surface area contributed by atoms with Crippen LogP contribution in [0.5, 0.6) is 0 Å². The summed E-state index contributed by atoms with van der Waals surface area (Å²) in [6, 6.07) is 20.7. The van der Waals surface area contributed by atoms with Gasteiger partial charge in [0, 0.05) is 0 Å². The van der Waals surface area contributed by atoms with Crippen LogP contribution in [0.25, 0.3) is 0 Å². The summed E-state index contributed by atoms with van der Waals surface area (Å²) in [5.41, 5.74) is 0. The predicted octanol–water partition coefficient (Wildman–Crippen LogP) is 5.27. The molecule has 0 aliphatic carbocycles. The van der Waals surface area contributed by atoms with E-state index in [1.54, 1.807) is 0 Å². The van der Waals surface area contributed by atoms with Crippen LogP contribution < -0.4 is 10.4 Å². The third kappa shape index (κ3) is 4.83. The number of unbranched alkanes of at least 4 members (excludes halogenated alkanes) is 5. The van der Waals surface area contributed by atoms with Crippen LogP contribution in [-0.4, -0.2) is 13.1 Å². The molecule has 1 nitrogen and oxygen atoms in total. The van der Waals surface area contributed by atoms with Crippen molar-refractivity contribution < 1.29 is 4.80 Å². The smallest absolute Gasteiger partial charge is 0.258 e. The average Bonchev–Trinajstić information content (AvgIpc) is 2.65. The first-order valence-electron chi connectivity index (χ1n) is 9.86. The molecule has 25 heavy (non-hydrogen) atoms. The van der Waals surface area contributed by atoms with Gasteiger partial charge in [-0.05, 0) is 21.8 Å². The number of benzene rings is 2. The monoisotopic (exact) mass is 354 g/mol. The molecule has 1 N–H and O–H groups in total. The molecule has 0 heterocycles. The maximum Gasteiger partial charge on any atom is 0.258 e. The van der Waals surface area contributed by atoms with E-state index in [0.29, 0.717) is 0 Å². The molecular weight excluding hydrogens is 320 g/mol. The number of hydrogen-bond donors (Lipinski definition) is 1. The molecule has 0 atom stereocenters. The van der Waals surface area contributed by atoms with Crippen molar-refractivity contribution in [3.8, 4) is 0 Å². The summed E-state index contributed by atoms with van der Waals surface area (Å²) < 4.78 is 0. The van der Waals surface area contributed by atoms with Gasteiger partial charge >= 0.3 is 0 Å². The topological polar surface area (TPSA) is 20.2 Å². The van der Waals surface area contributed by atoms with Crippen LogP contribution in [0.3, 0.4) is 0 Å². The van der Waals surface area contributed by atoms with E-state index in [-0.39, 0.29) is 5.04 Å². The minimum absolute atomic E-state index is 0.0968. The maximum atomic E-state index is 12.1. The highest BCUT2D eigenvalue weighted by atomic mass is 28.4. The Labute approximate surface area is 155 Å². The molecule has 136 valence electrons. The summed E-state index contributed by atoms with van der Waals surface area (Å²) in [4.78, 5) is 12.1. The Balaban J connectivity index is 2.20. The van der Waals surface area contributed by atoms with Crippen molar-refractivity contribution in [1.82, 2.24) is 0 Å². The SMILES string of the molecule is CCCCCCCCC(C)(C)[Si](O)(c1ccccc1)c1ccccc1. The Kier molecular flexibility index (Phi) is 7.46. The molecular formula is C23H34OSi. The van der Waals surface area contributed by atoms with Crippen LogP contribution in [0.1, 0.15) is 65.7 Å². The third-order valence-electron chi connectivity index (χ3n) is 5.52. The first kappa shape index (κ1) is 19.9. The van der Waals surface area contributed by atoms with E-state index < -0.39 is 8.32 Å². The van der Waals surface area contributed by atoms with Gasteiger partial charge in [0.2, 0.25) is 0 Å². The van der Waals surface area contributed by atoms with Gasteiger partial charge in [0.1, 0.15) is 0 Å². The molecule has 0 amide bonds. The first-order valence-corrected chi connectivity index (χ1v) is 11.8. The van der Waals surface area contributed by atoms with Crippen LogP contribution in [0, 0.1) is 0 Å². The highest BCUT2D eigenvalue weighted by Crippen LogP contribution is 2.40. The highest BCUT2D eigenvalue weighted by Gasteiger charge is 2.49. The van der Waals surface area contributed by atoms with E-state index in [9.17, 15) is 4.80 Å². The molecule has 2 heteroatoms. The van der Waals surface area contributed by atoms with E-state index in [4.69, 9.17) is 0 Å². The lowest BCUT2D eigenvalue weighted by molar-refractivity contribution is 0.446. The van der Waals surface area contributed by atoms with Gasteiger partial charge in [-0.15, -0.1) is 0 Å². The van der Waals surface area contributed by atoms with Crippen LogP contribution in [0.2, 0.25) is 5.04 Å². The largest absolute Gasteiger partial charge is 0.424 e. The van der Waals surface area contributed by atoms with Crippen molar-refractivity contribution in [3.05, 3.63) is 60.7 Å². The first-order chi connectivity index (χ1) is 12.0. The minimum Gasteiger partial charge on any atom is -0.424 e. The Morgan fingerprint density at radius 3 is 1.64 bits per heavy atom. The van der Waals surface area contributed by atoms with Crippen LogP contribution >= 0.6 is 0 Å². The molecule has 0 bridgehead atoms. The second-order valence-electron chi connectivity index (χ2n) is 7.84. The summed E-state index contributed by atoms with van der Waals surface area (Å²) in [6.07, 6.45) is 8.85. The lowest BCUT2D eigenvalue weighted by atomic mass is 10.0. The molecule has 0 spiro atoms. The summed E-state index contributed by atoms with van der Waals surface area (Å²) >= 11 is 0. The summed E-state index contributed by atoms with van der Waals surface area (Å²) in [5.74, 6) is 0. The lowest BCUT2D eigenvalue weighted by Gasteiger charge is -2.41. The second-order valence-corrected chi connectivity index (χ2v) is 11.8. The third-order valence-corrected chi connectivity index (χ3v) is 10.1. The molecule has 0 aliphatic heterocycles. The number of rotatable bonds is 10. The van der Waals surface area contributed by atoms with Crippen molar-refractivity contribution in [2.45, 2.75) is 70.8 Å². The summed E-state index contributed by atoms with van der Waals surface area (Å²) in [7, 11) is -2.80. The number of hydrogen-bond acceptors (Lipinski definition) is 1. The highest BCUT2D eigenvalue weighted by molar-refractivity contribution is 6.98. The zero-order valence-electron chi connectivity index (χ0n) is 16.2. The van der Waals surface area contributed by atoms with Crippen molar-refractivity contribution >= 4 is 18.7 Å². The fourth-order valence-electron chi connectivity index (χ4n) is 3.84. The molecule has 0 saturated carbocycles. The molecule has 0 aromatic heterocycles. The second kappa shape index (κ2) is 9.35. The normalized spacial score (nSPS) is 12.3. The van der Waals surface area contributed by atoms with Crippen LogP contribution in [0.4, 0.5) is 0 Å². The average molecular weight is 355 g/mol. The Morgan fingerprint density at radius 2 is 1.16 bits per heavy atom. The van der Waals surface area contributed by atoms with Gasteiger partial charge in [-0.25, -0.2) is 0 Å². The van der Waals surface area contributed by atoms with E-state index in [2.05, 4.69) is 69.3 Å². The summed E-state index contributed by atoms with van der Waals surface area (Å²) in [5, 5.41) is 2.15. The maximum absolute atomic E-state index is 12.1. The fourth-order valence-corrected chi connectivity index (χ4v) is 7.62. The van der Waals surface area contributed by atoms with E-state index >= 15 is 0 Å². The van der Waals surface area contributed by atoms with Gasteiger partial charge < -0.3 is 4.80 Å². The summed E-state index contributed by atoms with van der Waals surface area (Å²) in [6.45, 7) is 6.80. The van der Waals surface area contributed by atoms with E-state index in [0.717, 1.165) is 16.8 Å². The quantitative estimate of drug-likeness (QED) is 0.455. The van der Waals surface area contributed by atoms with Gasteiger partial charge in [0.25, 0.3) is 8.32 Å². The standard InChI is InChI=1S/C23H34OSi/c1-4-5-6-7-8-15-20-23(2,3)25(24,21-16-11-9-12-17-21)22-18-13-10-14-19-22/h9-14,16-19,24H,4-8,15,20H2,1-3H3. The molecule has 0 aliphatic rings. The van der Waals surface area contributed by atoms with E-state index in [1.165, 1.54) is 38.5 Å². The van der Waals surface area contributed by atoms with Crippen molar-refractivity contribution in [2.75, 3.05) is 0 Å². The van der Waals surface area contributed by atoms with Gasteiger partial charge in [-0.1, -0.05) is 120 Å². The molecule has 0 radical (unpaired) electrons. The van der Waals surface area contributed by atoms with Crippen LogP contribution in [0.15, 0.2) is 60.7 Å². The molecule has 2 aromatic rings. The zero-order valence-corrected chi connectivity index (χ0v) is 17.2. The van der Waals surface area contributed by atoms with Gasteiger partial charge in [-0.3, -0.25) is 0 Å². The molecule has 0 fully saturated rings. The predicted molar refractivity (Wildman–Crippen MR) is 112 cm³/mol. The zero-order chi connectivity index (χ0) is 18.2. The molecule has 0 saturated heterocycles. The van der Waals surface area contributed by atoms with E-state index in [1.807, 2.05) is 12.1 Å². The Morgan fingerprint density at radius 1 is 0.720 bits per heavy atom. The Bertz CT molecular complexity index is 567. The fraction of sp³-hybridized carbons (Fsp3) is 0.478. The van der Waals surface area contributed by atoms with Crippen LogP contribution in [-0.2, 0) is 0 Å². The van der Waals surface area contributed by atoms with Gasteiger partial charge in [0.05, 0.1) is 0 Å². The Hall–Kier alpha value is -1.38. The van der Waals surface area contributed by atoms with Crippen molar-refractivity contribution in [2.24, 2.45) is 0 Å². The van der Waals surface area contributed by atoms with Gasteiger partial charge in [0.15, 0.2) is 0 Å². The van der Waals surface area contributed by atoms with Crippen molar-refractivity contribution in [3.63, 3.8) is 0 Å². The minimum atomic E-state index is -2.80. The van der Waals surface area contributed by atoms with Crippen molar-refractivity contribution in [1.29, 1.82) is 0 Å². The van der Waals surface area contributed by atoms with Gasteiger partial charge in [-0.2, -0.15) is 0 Å². The molecule has 2 aromatic carbocycles. The molecule has 0 unspecified atom stereocenters.